The van der Waals surface area contributed by atoms with E-state index in [1.165, 1.54) is 38.0 Å². The Balaban J connectivity index is 0.000000189. The Labute approximate surface area is 733 Å². The van der Waals surface area contributed by atoms with E-state index >= 15 is 0 Å². The van der Waals surface area contributed by atoms with Gasteiger partial charge >= 0.3 is 11.9 Å². The number of nitrogens with zero attached hydrogens (tertiary/aromatic N) is 19. The van der Waals surface area contributed by atoms with Gasteiger partial charge in [0.1, 0.15) is 41.1 Å². The Morgan fingerprint density at radius 1 is 0.535 bits per heavy atom. The number of rotatable bonds is 32. The summed E-state index contributed by atoms with van der Waals surface area (Å²) in [6.45, 7) is 24.0. The number of amides is 1. The maximum atomic E-state index is 14.0. The molecule has 0 aliphatic carbocycles. The minimum absolute atomic E-state index is 0. The van der Waals surface area contributed by atoms with Crippen molar-refractivity contribution in [2.24, 2.45) is 0 Å². The molecule has 1 aliphatic heterocycles. The monoisotopic (exact) mass is 1760 g/mol. The van der Waals surface area contributed by atoms with Crippen molar-refractivity contribution in [3.8, 4) is 34.8 Å². The van der Waals surface area contributed by atoms with Crippen LogP contribution < -0.4 is 55.7 Å². The number of allylic oxidation sites excluding steroid dienone is 5. The highest BCUT2D eigenvalue weighted by molar-refractivity contribution is 6.29. The highest BCUT2D eigenvalue weighted by atomic mass is 35.5. The third-order valence-electron chi connectivity index (χ3n) is 17.6. The SMILES string of the molecule is C.C=CCCC(=O)CC(=O)OCC.C=CCCc1cc(=O)[nH]c(N)n1.C=CCCc1cc(Cl)nc(N)n1.C=CCCc1cc(NNC(=O)c2ccco2)nc(N)n1.C=CCCc1cc2nc(-c3ccco3)nn2c(N)n1.Nc1nc(CCC=O)cc2nc(-c3ccco3)nn12.Nc1nc(CCCN2CCN(c3ccc(F)cc3F)CC2)cc2nc(-c3ccco3)nn12. The number of nitrogens with two attached hydrogens (primary N) is 6. The molecule has 0 saturated carbocycles. The summed E-state index contributed by atoms with van der Waals surface area (Å²) in [7, 11) is 0. The number of H-pyrrole nitrogens is 1. The van der Waals surface area contributed by atoms with E-state index in [2.05, 4.69) is 128 Å². The van der Waals surface area contributed by atoms with E-state index in [1.54, 1.807) is 111 Å². The molecule has 15 N–H and O–H groups in total. The molecule has 127 heavy (non-hydrogen) atoms. The standard InChI is InChI=1S/C22H23F2N7O.C13H15N5O2.C13H13N5O.C12H11N5O2.C9H14O3.C8H10ClN3.C8H11N3O.CH4/c23-15-5-6-18(17(24)13-15)30-10-8-29(9-11-30)7-1-3-16-14-20-27-21(19-4-2-12-32-19)28-31(20)22(25)26-16;1-2-3-5-9-8-11(16-13(14)15-9)17-18-12(19)10-6-4-7-20-10;1-2-3-5-9-8-11-16-12(10-6-4-7-19-10)17-18(11)13(14)15-9;13-12-14-8(3-1-5-18)7-10-15-11(16-17(10)12)9-4-2-6-19-9;1-3-5-6-8(10)7-9(11)12-4-2;1-2-3-4-6-5-7(9)12-8(10)11-6;1-2-3-4-6-5-7(12)11-8(9)10-6;/h2,4-6,12-14H,1,3,7-11H2,(H2,25,26);2,4,6-8H,1,3,5H2,(H,18,19)(H3,14,15,16,17);2,4,6-8H,1,3,5H2,(H2,14,15);2,4-7H,1,3H2,(H2,13,14);3H,1,4-7H2,2H3;2,5H,1,3-4H2,(H2,10,11,12);2,5H,1,3-4H2,(H3,9,10,11,12);1H4. The number of ketones is 1. The molecule has 0 atom stereocenters. The lowest BCUT2D eigenvalue weighted by Crippen LogP contribution is -2.47. The van der Waals surface area contributed by atoms with Gasteiger partial charge < -0.3 is 66.5 Å². The minimum Gasteiger partial charge on any atom is -0.466 e. The van der Waals surface area contributed by atoms with E-state index in [4.69, 9.17) is 63.7 Å². The number of hydrogen-bond acceptors (Lipinski definition) is 33. The second-order valence-electron chi connectivity index (χ2n) is 27.1. The van der Waals surface area contributed by atoms with Crippen molar-refractivity contribution in [1.82, 2.24) is 99.0 Å². The van der Waals surface area contributed by atoms with Gasteiger partial charge in [-0.15, -0.1) is 48.2 Å². The van der Waals surface area contributed by atoms with Crippen LogP contribution in [0, 0.1) is 11.6 Å². The number of aromatic nitrogens is 18. The van der Waals surface area contributed by atoms with E-state index in [0.29, 0.717) is 138 Å². The number of esters is 1. The summed E-state index contributed by atoms with van der Waals surface area (Å²) in [5.74, 6) is 3.17. The molecule has 38 nitrogen and oxygen atoms in total. The molecule has 0 spiro atoms. The molecule has 1 fully saturated rings. The number of benzene rings is 1. The van der Waals surface area contributed by atoms with Gasteiger partial charge in [0.2, 0.25) is 53.2 Å². The fourth-order valence-corrected chi connectivity index (χ4v) is 11.9. The largest absolute Gasteiger partial charge is 0.466 e. The number of furan rings is 4. The van der Waals surface area contributed by atoms with Crippen LogP contribution in [0.25, 0.3) is 51.7 Å². The minimum atomic E-state index is -0.555. The number of ether oxygens (including phenoxy) is 1. The van der Waals surface area contributed by atoms with Crippen molar-refractivity contribution in [3.63, 3.8) is 0 Å². The van der Waals surface area contributed by atoms with Gasteiger partial charge in [0.05, 0.1) is 43.0 Å². The zero-order valence-corrected chi connectivity index (χ0v) is 69.9. The number of aldehydes is 1. The Kier molecular flexibility index (Phi) is 38.3. The van der Waals surface area contributed by atoms with Crippen molar-refractivity contribution in [2.75, 3.05) is 84.1 Å². The number of hydrogen-bond donors (Lipinski definition) is 9. The quantitative estimate of drug-likeness (QED) is 0.00472. The summed E-state index contributed by atoms with van der Waals surface area (Å²) in [4.78, 5) is 107. The molecular weight excluding hydrogens is 1660 g/mol. The summed E-state index contributed by atoms with van der Waals surface area (Å²) >= 11 is 5.67. The van der Waals surface area contributed by atoms with Crippen molar-refractivity contribution in [2.45, 2.75) is 111 Å². The molecule has 1 aromatic carbocycles. The number of nitrogens with one attached hydrogen (secondary N) is 3. The van der Waals surface area contributed by atoms with Gasteiger partial charge in [-0.05, 0) is 157 Å². The number of hydrazine groups is 1. The molecular formula is C86H101ClF2N28O10. The average molecular weight is 1760 g/mol. The summed E-state index contributed by atoms with van der Waals surface area (Å²) in [6.07, 6.45) is 25.7. The number of fused-ring (bicyclic) bond motifs is 3. The maximum absolute atomic E-state index is 14.0. The first kappa shape index (κ1) is 97.0. The predicted octanol–water partition coefficient (Wildman–Crippen LogP) is 12.1. The van der Waals surface area contributed by atoms with Crippen molar-refractivity contribution in [3.05, 3.63) is 259 Å². The van der Waals surface area contributed by atoms with Gasteiger partial charge in [-0.1, -0.05) is 49.4 Å². The Morgan fingerprint density at radius 2 is 0.992 bits per heavy atom. The van der Waals surface area contributed by atoms with Gasteiger partial charge in [0.25, 0.3) is 5.56 Å². The van der Waals surface area contributed by atoms with Crippen LogP contribution in [0.15, 0.2) is 214 Å². The van der Waals surface area contributed by atoms with Crippen LogP contribution in [0.3, 0.4) is 0 Å². The Bertz CT molecular complexity index is 5810. The Morgan fingerprint density at radius 3 is 1.43 bits per heavy atom. The molecule has 15 rings (SSSR count). The zero-order valence-electron chi connectivity index (χ0n) is 69.2. The van der Waals surface area contributed by atoms with E-state index in [9.17, 15) is 32.8 Å². The number of piperazine rings is 1. The maximum Gasteiger partial charge on any atom is 0.313 e. The first-order valence-electron chi connectivity index (χ1n) is 39.6. The molecule has 1 aliphatic rings. The number of anilines is 8. The van der Waals surface area contributed by atoms with Gasteiger partial charge in [-0.3, -0.25) is 39.9 Å². The number of Topliss-reactive ketones (excluding diaryl/α,β-unsaturated/α-hetero) is 1. The molecule has 0 bridgehead atoms. The third kappa shape index (κ3) is 30.8. The summed E-state index contributed by atoms with van der Waals surface area (Å²) in [5.41, 5.74) is 46.2. The molecule has 1 saturated heterocycles. The first-order valence-corrected chi connectivity index (χ1v) is 40.0. The second-order valence-corrected chi connectivity index (χ2v) is 27.5. The van der Waals surface area contributed by atoms with Crippen molar-refractivity contribution < 1.29 is 50.4 Å². The lowest BCUT2D eigenvalue weighted by molar-refractivity contribution is -0.145. The number of halogens is 3. The van der Waals surface area contributed by atoms with Crippen LogP contribution in [0.2, 0.25) is 5.15 Å². The molecule has 14 heterocycles. The van der Waals surface area contributed by atoms with Gasteiger partial charge in [-0.2, -0.15) is 18.5 Å². The first-order chi connectivity index (χ1) is 60.9. The van der Waals surface area contributed by atoms with Crippen LogP contribution in [-0.2, 0) is 57.6 Å². The van der Waals surface area contributed by atoms with E-state index in [-0.39, 0.29) is 60.7 Å². The number of carbonyl (C=O) groups excluding carboxylic acids is 4. The fourth-order valence-electron chi connectivity index (χ4n) is 11.7. The van der Waals surface area contributed by atoms with Gasteiger partial charge in [-0.25, -0.2) is 58.6 Å². The van der Waals surface area contributed by atoms with Crippen molar-refractivity contribution >= 4 is 99.7 Å². The molecule has 14 aromatic rings. The highest BCUT2D eigenvalue weighted by Crippen LogP contribution is 2.25. The van der Waals surface area contributed by atoms with Crippen LogP contribution >= 0.6 is 11.6 Å². The average Bonchev–Trinajstić information content (AvgIpc) is 1.66. The van der Waals surface area contributed by atoms with Gasteiger partial charge in [0, 0.05) is 104 Å². The lowest BCUT2D eigenvalue weighted by atomic mass is 10.2. The molecule has 0 radical (unpaired) electrons. The second kappa shape index (κ2) is 50.2. The predicted molar refractivity (Wildman–Crippen MR) is 480 cm³/mol. The third-order valence-corrected chi connectivity index (χ3v) is 17.8. The Hall–Kier alpha value is -15.5. The smallest absolute Gasteiger partial charge is 0.313 e. The van der Waals surface area contributed by atoms with E-state index < -0.39 is 23.5 Å². The van der Waals surface area contributed by atoms with E-state index in [0.717, 1.165) is 112 Å². The summed E-state index contributed by atoms with van der Waals surface area (Å²) < 4.78 is 57.1. The molecule has 41 heteroatoms. The van der Waals surface area contributed by atoms with Gasteiger partial charge in [0.15, 0.2) is 40.0 Å². The summed E-state index contributed by atoms with van der Waals surface area (Å²) in [5, 5.41) is 13.3. The highest BCUT2D eigenvalue weighted by Gasteiger charge is 2.22. The molecule has 0 unspecified atom stereocenters. The molecule has 1 amide bonds. The number of aryl methyl sites for hydroxylation is 6. The number of aromatic amines is 1. The van der Waals surface area contributed by atoms with Crippen LogP contribution in [0.4, 0.5) is 56.0 Å². The van der Waals surface area contributed by atoms with Crippen LogP contribution in [0.5, 0.6) is 0 Å². The van der Waals surface area contributed by atoms with E-state index in [1.807, 2.05) is 29.2 Å². The lowest BCUT2D eigenvalue weighted by Gasteiger charge is -2.36. The van der Waals surface area contributed by atoms with Crippen molar-refractivity contribution in [1.29, 1.82) is 0 Å². The number of nitrogen functional groups attached to an aromatic ring is 6. The molecule has 666 valence electrons. The number of carbonyl (C=O) groups is 4. The summed E-state index contributed by atoms with van der Waals surface area (Å²) in [6, 6.07) is 28.0. The molecule has 13 aromatic heterocycles. The zero-order chi connectivity index (χ0) is 90.3. The topological polar surface area (TPSA) is 543 Å². The fraction of sp³-hybridized carbons (Fsp3) is 0.267. The van der Waals surface area contributed by atoms with Crippen LogP contribution in [-0.4, -0.2) is 157 Å². The van der Waals surface area contributed by atoms with Crippen LogP contribution in [0.1, 0.15) is 117 Å². The normalized spacial score (nSPS) is 11.3.